The second kappa shape index (κ2) is 9.22. The minimum atomic E-state index is -0.445. The molecule has 9 heteroatoms. The van der Waals surface area contributed by atoms with Gasteiger partial charge in [0.25, 0.3) is 5.91 Å². The molecule has 0 unspecified atom stereocenters. The number of carbonyl (C=O) groups is 2. The lowest BCUT2D eigenvalue weighted by Crippen LogP contribution is -2.23. The zero-order valence-electron chi connectivity index (χ0n) is 17.3. The minimum Gasteiger partial charge on any atom is -0.492 e. The maximum absolute atomic E-state index is 12.9. The summed E-state index contributed by atoms with van der Waals surface area (Å²) in [6, 6.07) is 10.6. The Balaban J connectivity index is 1.80. The summed E-state index contributed by atoms with van der Waals surface area (Å²) in [7, 11) is 0. The first-order chi connectivity index (χ1) is 15.1. The fourth-order valence-electron chi connectivity index (χ4n) is 3.27. The molecule has 0 aliphatic carbocycles. The Labute approximate surface area is 182 Å². The van der Waals surface area contributed by atoms with E-state index < -0.39 is 11.9 Å². The number of ether oxygens (including phenoxy) is 4. The highest BCUT2D eigenvalue weighted by Gasteiger charge is 2.18. The van der Waals surface area contributed by atoms with Gasteiger partial charge in [-0.1, -0.05) is 17.4 Å². The number of nitrogens with zero attached hydrogens (tertiary/aromatic N) is 2. The summed E-state index contributed by atoms with van der Waals surface area (Å²) >= 11 is 1.31. The van der Waals surface area contributed by atoms with Gasteiger partial charge in [0.15, 0.2) is 16.3 Å². The van der Waals surface area contributed by atoms with Crippen molar-refractivity contribution in [2.45, 2.75) is 20.4 Å². The third-order valence-electron chi connectivity index (χ3n) is 4.54. The normalized spacial score (nSPS) is 13.3. The van der Waals surface area contributed by atoms with Crippen molar-refractivity contribution in [3.8, 4) is 17.2 Å². The van der Waals surface area contributed by atoms with E-state index in [0.717, 1.165) is 4.70 Å². The number of hydrogen-bond acceptors (Lipinski definition) is 7. The molecule has 1 aromatic heterocycles. The second-order valence-electron chi connectivity index (χ2n) is 6.59. The summed E-state index contributed by atoms with van der Waals surface area (Å²) in [4.78, 5) is 29.9. The highest BCUT2D eigenvalue weighted by Crippen LogP contribution is 2.31. The first kappa shape index (κ1) is 20.9. The highest BCUT2D eigenvalue weighted by atomic mass is 32.1. The van der Waals surface area contributed by atoms with Crippen LogP contribution in [0.1, 0.15) is 24.2 Å². The van der Waals surface area contributed by atoms with Crippen LogP contribution in [0.5, 0.6) is 17.2 Å². The molecular weight excluding hydrogens is 420 g/mol. The topological polar surface area (TPSA) is 88.4 Å². The standard InChI is InChI=1S/C22H22N2O6S/c1-3-27-16-6-5-7-18-20(16)24(13-19(25)28-4-2)22(31-18)23-21(26)14-8-9-15-17(12-14)30-11-10-29-15/h5-9,12H,3-4,10-11,13H2,1-2H3. The Kier molecular flexibility index (Phi) is 6.22. The van der Waals surface area contributed by atoms with Gasteiger partial charge in [-0.25, -0.2) is 0 Å². The summed E-state index contributed by atoms with van der Waals surface area (Å²) in [5.74, 6) is 0.875. The number of aromatic nitrogens is 1. The molecule has 0 fully saturated rings. The van der Waals surface area contributed by atoms with Gasteiger partial charge in [-0.05, 0) is 44.2 Å². The summed E-state index contributed by atoms with van der Waals surface area (Å²) < 4.78 is 24.4. The Bertz CT molecular complexity index is 1200. The van der Waals surface area contributed by atoms with Crippen molar-refractivity contribution >= 4 is 33.4 Å². The SMILES string of the molecule is CCOC(=O)Cn1c(=NC(=O)c2ccc3c(c2)OCCO3)sc2cccc(OCC)c21. The Morgan fingerprint density at radius 2 is 1.90 bits per heavy atom. The van der Waals surface area contributed by atoms with E-state index in [1.54, 1.807) is 29.7 Å². The van der Waals surface area contributed by atoms with E-state index in [-0.39, 0.29) is 13.2 Å². The van der Waals surface area contributed by atoms with Gasteiger partial charge in [-0.15, -0.1) is 0 Å². The van der Waals surface area contributed by atoms with Crippen LogP contribution in [0, 0.1) is 0 Å². The maximum atomic E-state index is 12.9. The second-order valence-corrected chi connectivity index (χ2v) is 7.60. The van der Waals surface area contributed by atoms with E-state index >= 15 is 0 Å². The van der Waals surface area contributed by atoms with Gasteiger partial charge in [0.2, 0.25) is 0 Å². The molecule has 0 bridgehead atoms. The molecule has 1 aliphatic heterocycles. The molecule has 0 saturated carbocycles. The molecule has 4 rings (SSSR count). The van der Waals surface area contributed by atoms with Crippen LogP contribution >= 0.6 is 11.3 Å². The summed E-state index contributed by atoms with van der Waals surface area (Å²) in [6.45, 7) is 5.19. The van der Waals surface area contributed by atoms with E-state index in [9.17, 15) is 9.59 Å². The molecule has 0 saturated heterocycles. The fourth-order valence-corrected chi connectivity index (χ4v) is 4.31. The Morgan fingerprint density at radius 3 is 2.68 bits per heavy atom. The third-order valence-corrected chi connectivity index (χ3v) is 5.59. The van der Waals surface area contributed by atoms with Crippen LogP contribution in [-0.4, -0.2) is 42.9 Å². The average molecular weight is 442 g/mol. The monoisotopic (exact) mass is 442 g/mol. The predicted octanol–water partition coefficient (Wildman–Crippen LogP) is 3.18. The lowest BCUT2D eigenvalue weighted by Gasteiger charge is -2.18. The van der Waals surface area contributed by atoms with E-state index in [4.69, 9.17) is 18.9 Å². The van der Waals surface area contributed by atoms with Crippen molar-refractivity contribution in [1.29, 1.82) is 0 Å². The average Bonchev–Trinajstić information content (AvgIpc) is 3.11. The molecule has 162 valence electrons. The number of hydrogen-bond donors (Lipinski definition) is 0. The molecule has 2 aromatic carbocycles. The Morgan fingerprint density at radius 1 is 1.10 bits per heavy atom. The van der Waals surface area contributed by atoms with E-state index in [0.29, 0.717) is 53.0 Å². The van der Waals surface area contributed by atoms with Gasteiger partial charge in [-0.3, -0.25) is 9.59 Å². The molecule has 0 atom stereocenters. The van der Waals surface area contributed by atoms with Gasteiger partial charge in [0, 0.05) is 5.56 Å². The molecule has 8 nitrogen and oxygen atoms in total. The lowest BCUT2D eigenvalue weighted by molar-refractivity contribution is -0.143. The molecule has 1 amide bonds. The van der Waals surface area contributed by atoms with Gasteiger partial charge in [0.05, 0.1) is 17.9 Å². The smallest absolute Gasteiger partial charge is 0.326 e. The molecule has 0 radical (unpaired) electrons. The van der Waals surface area contributed by atoms with Crippen LogP contribution in [0.2, 0.25) is 0 Å². The number of carbonyl (C=O) groups excluding carboxylic acids is 2. The fraction of sp³-hybridized carbons (Fsp3) is 0.318. The number of amides is 1. The summed E-state index contributed by atoms with van der Waals surface area (Å²) in [6.07, 6.45) is 0. The number of rotatable bonds is 6. The van der Waals surface area contributed by atoms with Crippen LogP contribution in [0.15, 0.2) is 41.4 Å². The van der Waals surface area contributed by atoms with E-state index in [2.05, 4.69) is 4.99 Å². The van der Waals surface area contributed by atoms with Gasteiger partial charge >= 0.3 is 5.97 Å². The number of esters is 1. The first-order valence-corrected chi connectivity index (χ1v) is 10.8. The van der Waals surface area contributed by atoms with Crippen LogP contribution < -0.4 is 19.0 Å². The predicted molar refractivity (Wildman–Crippen MR) is 115 cm³/mol. The minimum absolute atomic E-state index is 0.0782. The maximum Gasteiger partial charge on any atom is 0.326 e. The molecule has 1 aliphatic rings. The molecule has 31 heavy (non-hydrogen) atoms. The molecular formula is C22H22N2O6S. The van der Waals surface area contributed by atoms with Gasteiger partial charge < -0.3 is 23.5 Å². The number of thiazole rings is 1. The molecule has 0 N–H and O–H groups in total. The summed E-state index contributed by atoms with van der Waals surface area (Å²) in [5, 5.41) is 0. The first-order valence-electron chi connectivity index (χ1n) is 10.00. The quantitative estimate of drug-likeness (QED) is 0.545. The van der Waals surface area contributed by atoms with Crippen LogP contribution in [0.25, 0.3) is 10.2 Å². The third kappa shape index (κ3) is 4.41. The number of fused-ring (bicyclic) bond motifs is 2. The zero-order chi connectivity index (χ0) is 21.8. The zero-order valence-corrected chi connectivity index (χ0v) is 18.1. The van der Waals surface area contributed by atoms with Crippen molar-refractivity contribution in [2.75, 3.05) is 26.4 Å². The van der Waals surface area contributed by atoms with Crippen molar-refractivity contribution in [3.63, 3.8) is 0 Å². The molecule has 3 aromatic rings. The number of para-hydroxylation sites is 1. The van der Waals surface area contributed by atoms with Crippen LogP contribution in [0.3, 0.4) is 0 Å². The van der Waals surface area contributed by atoms with Gasteiger partial charge in [-0.2, -0.15) is 4.99 Å². The Hall–Kier alpha value is -3.33. The van der Waals surface area contributed by atoms with Crippen molar-refractivity contribution in [1.82, 2.24) is 4.57 Å². The highest BCUT2D eigenvalue weighted by molar-refractivity contribution is 7.16. The van der Waals surface area contributed by atoms with Crippen LogP contribution in [0.4, 0.5) is 0 Å². The number of benzene rings is 2. The summed E-state index contributed by atoms with van der Waals surface area (Å²) in [5.41, 5.74) is 1.07. The van der Waals surface area contributed by atoms with E-state index in [1.165, 1.54) is 11.3 Å². The van der Waals surface area contributed by atoms with Crippen molar-refractivity contribution in [2.24, 2.45) is 4.99 Å². The van der Waals surface area contributed by atoms with Crippen molar-refractivity contribution in [3.05, 3.63) is 46.8 Å². The largest absolute Gasteiger partial charge is 0.492 e. The van der Waals surface area contributed by atoms with Crippen LogP contribution in [-0.2, 0) is 16.1 Å². The lowest BCUT2D eigenvalue weighted by atomic mass is 10.2. The van der Waals surface area contributed by atoms with Gasteiger partial charge in [0.1, 0.15) is 31.0 Å². The molecule has 0 spiro atoms. The molecule has 2 heterocycles. The van der Waals surface area contributed by atoms with E-state index in [1.807, 2.05) is 25.1 Å². The van der Waals surface area contributed by atoms with Crippen molar-refractivity contribution < 1.29 is 28.5 Å².